The van der Waals surface area contributed by atoms with Gasteiger partial charge in [-0.1, -0.05) is 35.9 Å². The van der Waals surface area contributed by atoms with E-state index in [4.69, 9.17) is 11.6 Å². The van der Waals surface area contributed by atoms with Gasteiger partial charge in [-0.05, 0) is 35.4 Å². The minimum atomic E-state index is -4.39. The van der Waals surface area contributed by atoms with Crippen LogP contribution in [0.5, 0.6) is 0 Å². The molecule has 2 aromatic carbocycles. The van der Waals surface area contributed by atoms with Gasteiger partial charge in [-0.3, -0.25) is 4.79 Å². The van der Waals surface area contributed by atoms with Crippen LogP contribution in [0.25, 0.3) is 0 Å². The molecule has 0 aliphatic carbocycles. The minimum absolute atomic E-state index is 0.0450. The summed E-state index contributed by atoms with van der Waals surface area (Å²) in [6.07, 6.45) is -4.26. The summed E-state index contributed by atoms with van der Waals surface area (Å²) < 4.78 is 37.8. The van der Waals surface area contributed by atoms with Gasteiger partial charge in [-0.2, -0.15) is 13.2 Å². The first-order chi connectivity index (χ1) is 10.3. The highest BCUT2D eigenvalue weighted by Crippen LogP contribution is 2.29. The van der Waals surface area contributed by atoms with Crippen LogP contribution in [0.1, 0.15) is 16.7 Å². The van der Waals surface area contributed by atoms with Crippen molar-refractivity contribution >= 4 is 17.5 Å². The highest BCUT2D eigenvalue weighted by Gasteiger charge is 2.30. The van der Waals surface area contributed by atoms with E-state index < -0.39 is 11.7 Å². The summed E-state index contributed by atoms with van der Waals surface area (Å²) in [5.41, 5.74) is 0.414. The van der Waals surface area contributed by atoms with Crippen LogP contribution in [0.15, 0.2) is 48.5 Å². The minimum Gasteiger partial charge on any atom is -0.352 e. The summed E-state index contributed by atoms with van der Waals surface area (Å²) >= 11 is 5.82. The molecule has 6 heteroatoms. The number of alkyl halides is 3. The van der Waals surface area contributed by atoms with Crippen LogP contribution in [-0.4, -0.2) is 5.91 Å². The number of carbonyl (C=O) groups is 1. The highest BCUT2D eigenvalue weighted by atomic mass is 35.5. The Morgan fingerprint density at radius 1 is 1.05 bits per heavy atom. The van der Waals surface area contributed by atoms with Gasteiger partial charge < -0.3 is 5.32 Å². The summed E-state index contributed by atoms with van der Waals surface area (Å²) in [6.45, 7) is 0.0450. The largest absolute Gasteiger partial charge is 0.416 e. The normalized spacial score (nSPS) is 11.3. The summed E-state index contributed by atoms with van der Waals surface area (Å²) in [5.74, 6) is -0.278. The lowest BCUT2D eigenvalue weighted by atomic mass is 10.1. The van der Waals surface area contributed by atoms with Gasteiger partial charge in [0.2, 0.25) is 5.91 Å². The summed E-state index contributed by atoms with van der Waals surface area (Å²) in [5, 5.41) is 3.13. The third-order valence-corrected chi connectivity index (χ3v) is 3.23. The van der Waals surface area contributed by atoms with Gasteiger partial charge in [-0.15, -0.1) is 0 Å². The Kier molecular flexibility index (Phi) is 5.08. The molecule has 0 saturated heterocycles. The summed E-state index contributed by atoms with van der Waals surface area (Å²) in [4.78, 5) is 11.8. The Labute approximate surface area is 130 Å². The average molecular weight is 328 g/mol. The second-order valence-electron chi connectivity index (χ2n) is 4.78. The van der Waals surface area contributed by atoms with E-state index in [0.29, 0.717) is 10.6 Å². The van der Waals surface area contributed by atoms with Gasteiger partial charge >= 0.3 is 6.18 Å². The zero-order valence-corrected chi connectivity index (χ0v) is 12.2. The average Bonchev–Trinajstić information content (AvgIpc) is 2.45. The predicted octanol–water partition coefficient (Wildman–Crippen LogP) is 4.22. The number of amides is 1. The maximum atomic E-state index is 12.6. The molecule has 0 unspecified atom stereocenters. The summed E-state index contributed by atoms with van der Waals surface area (Å²) in [7, 11) is 0. The molecule has 0 atom stereocenters. The van der Waals surface area contributed by atoms with Gasteiger partial charge in [0, 0.05) is 11.6 Å². The first-order valence-corrected chi connectivity index (χ1v) is 6.89. The van der Waals surface area contributed by atoms with Crippen LogP contribution in [-0.2, 0) is 23.9 Å². The van der Waals surface area contributed by atoms with Crippen LogP contribution in [0.2, 0.25) is 5.02 Å². The molecule has 1 N–H and O–H groups in total. The Morgan fingerprint density at radius 3 is 2.41 bits per heavy atom. The van der Waals surface area contributed by atoms with Gasteiger partial charge in [0.25, 0.3) is 0 Å². The van der Waals surface area contributed by atoms with E-state index in [1.165, 1.54) is 12.1 Å². The van der Waals surface area contributed by atoms with Crippen molar-refractivity contribution in [3.05, 3.63) is 70.2 Å². The lowest BCUT2D eigenvalue weighted by Gasteiger charge is -2.10. The molecule has 0 saturated carbocycles. The zero-order valence-electron chi connectivity index (χ0n) is 11.5. The van der Waals surface area contributed by atoms with E-state index in [0.717, 1.165) is 17.7 Å². The molecule has 0 aromatic heterocycles. The van der Waals surface area contributed by atoms with E-state index in [9.17, 15) is 18.0 Å². The third-order valence-electron chi connectivity index (χ3n) is 3.00. The molecule has 116 valence electrons. The Balaban J connectivity index is 1.94. The molecule has 2 aromatic rings. The number of carbonyl (C=O) groups excluding carboxylic acids is 1. The molecule has 0 bridgehead atoms. The molecule has 0 fully saturated rings. The van der Waals surface area contributed by atoms with Crippen molar-refractivity contribution in [1.29, 1.82) is 0 Å². The number of nitrogens with one attached hydrogen (secondary N) is 1. The van der Waals surface area contributed by atoms with Crippen LogP contribution in [0.4, 0.5) is 13.2 Å². The first kappa shape index (κ1) is 16.4. The number of rotatable bonds is 4. The molecular formula is C16H13ClF3NO. The fourth-order valence-corrected chi connectivity index (χ4v) is 2.17. The Morgan fingerprint density at radius 2 is 1.73 bits per heavy atom. The molecule has 22 heavy (non-hydrogen) atoms. The van der Waals surface area contributed by atoms with E-state index in [1.807, 2.05) is 0 Å². The van der Waals surface area contributed by atoms with Crippen LogP contribution in [0, 0.1) is 0 Å². The molecule has 1 amide bonds. The van der Waals surface area contributed by atoms with Crippen LogP contribution in [0.3, 0.4) is 0 Å². The SMILES string of the molecule is O=C(Cc1cccc(Cl)c1)NCc1cccc(C(F)(F)F)c1. The Hall–Kier alpha value is -2.01. The van der Waals surface area contributed by atoms with E-state index in [2.05, 4.69) is 5.32 Å². The topological polar surface area (TPSA) is 29.1 Å². The van der Waals surface area contributed by atoms with Crippen molar-refractivity contribution in [2.75, 3.05) is 0 Å². The number of halogens is 4. The van der Waals surface area contributed by atoms with Crippen molar-refractivity contribution in [3.8, 4) is 0 Å². The number of hydrogen-bond donors (Lipinski definition) is 1. The van der Waals surface area contributed by atoms with Crippen molar-refractivity contribution in [1.82, 2.24) is 5.32 Å². The molecule has 0 spiro atoms. The predicted molar refractivity (Wildman–Crippen MR) is 78.4 cm³/mol. The number of hydrogen-bond acceptors (Lipinski definition) is 1. The monoisotopic (exact) mass is 327 g/mol. The van der Waals surface area contributed by atoms with E-state index >= 15 is 0 Å². The molecule has 0 aliphatic heterocycles. The Bertz CT molecular complexity index is 670. The highest BCUT2D eigenvalue weighted by molar-refractivity contribution is 6.30. The van der Waals surface area contributed by atoms with Gasteiger partial charge in [0.15, 0.2) is 0 Å². The van der Waals surface area contributed by atoms with Crippen molar-refractivity contribution in [2.45, 2.75) is 19.1 Å². The van der Waals surface area contributed by atoms with Crippen molar-refractivity contribution in [3.63, 3.8) is 0 Å². The van der Waals surface area contributed by atoms with Crippen molar-refractivity contribution < 1.29 is 18.0 Å². The molecule has 2 nitrogen and oxygen atoms in total. The third kappa shape index (κ3) is 4.77. The van der Waals surface area contributed by atoms with E-state index in [1.54, 1.807) is 24.3 Å². The van der Waals surface area contributed by atoms with Gasteiger partial charge in [0.05, 0.1) is 12.0 Å². The lowest BCUT2D eigenvalue weighted by molar-refractivity contribution is -0.137. The molecule has 0 radical (unpaired) electrons. The molecule has 0 aliphatic rings. The fourth-order valence-electron chi connectivity index (χ4n) is 1.95. The zero-order chi connectivity index (χ0) is 16.2. The maximum Gasteiger partial charge on any atom is 0.416 e. The summed E-state index contributed by atoms with van der Waals surface area (Å²) in [6, 6.07) is 11.7. The number of benzene rings is 2. The van der Waals surface area contributed by atoms with Crippen LogP contribution < -0.4 is 5.32 Å². The van der Waals surface area contributed by atoms with Gasteiger partial charge in [0.1, 0.15) is 0 Å². The van der Waals surface area contributed by atoms with Gasteiger partial charge in [-0.25, -0.2) is 0 Å². The van der Waals surface area contributed by atoms with Crippen molar-refractivity contribution in [2.24, 2.45) is 0 Å². The fraction of sp³-hybridized carbons (Fsp3) is 0.188. The quantitative estimate of drug-likeness (QED) is 0.895. The van der Waals surface area contributed by atoms with E-state index in [-0.39, 0.29) is 18.9 Å². The smallest absolute Gasteiger partial charge is 0.352 e. The second kappa shape index (κ2) is 6.83. The maximum absolute atomic E-state index is 12.6. The second-order valence-corrected chi connectivity index (χ2v) is 5.22. The van der Waals surface area contributed by atoms with Crippen LogP contribution >= 0.6 is 11.6 Å². The molecule has 2 rings (SSSR count). The molecule has 0 heterocycles. The lowest BCUT2D eigenvalue weighted by Crippen LogP contribution is -2.24. The molecular weight excluding hydrogens is 315 g/mol. The first-order valence-electron chi connectivity index (χ1n) is 6.52. The standard InChI is InChI=1S/C16H13ClF3NO/c17-14-6-2-3-11(8-14)9-15(22)21-10-12-4-1-5-13(7-12)16(18,19)20/h1-8H,9-10H2,(H,21,22).